The van der Waals surface area contributed by atoms with Crippen LogP contribution >= 0.6 is 28.3 Å². The van der Waals surface area contributed by atoms with Gasteiger partial charge in [0.2, 0.25) is 5.82 Å². The summed E-state index contributed by atoms with van der Waals surface area (Å²) >= 11 is 2.89. The summed E-state index contributed by atoms with van der Waals surface area (Å²) in [6.07, 6.45) is 1.94. The molecule has 3 N–H and O–H groups in total. The van der Waals surface area contributed by atoms with Gasteiger partial charge in [-0.05, 0) is 40.8 Å². The van der Waals surface area contributed by atoms with E-state index in [1.165, 1.54) is 6.07 Å². The molecule has 0 bridgehead atoms. The van der Waals surface area contributed by atoms with Crippen molar-refractivity contribution in [2.75, 3.05) is 0 Å². The van der Waals surface area contributed by atoms with Gasteiger partial charge in [-0.1, -0.05) is 0 Å². The standard InChI is InChI=1S/C10H10BrF2NO.ClH/c11-6-3-5(9(14)4-1-2-4)10(15)8(13)7(6)12;/h3-4,9,15H,1-2,14H2;1H/t9-;/m0./s1. The van der Waals surface area contributed by atoms with E-state index >= 15 is 0 Å². The smallest absolute Gasteiger partial charge is 0.201 e. The van der Waals surface area contributed by atoms with E-state index in [-0.39, 0.29) is 28.4 Å². The summed E-state index contributed by atoms with van der Waals surface area (Å²) in [5.74, 6) is -2.72. The summed E-state index contributed by atoms with van der Waals surface area (Å²) < 4.78 is 26.2. The second-order valence-corrected chi connectivity index (χ2v) is 4.64. The predicted molar refractivity (Wildman–Crippen MR) is 62.6 cm³/mol. The first-order chi connectivity index (χ1) is 7.02. The van der Waals surface area contributed by atoms with E-state index in [9.17, 15) is 13.9 Å². The highest BCUT2D eigenvalue weighted by Gasteiger charge is 2.32. The van der Waals surface area contributed by atoms with Gasteiger partial charge in [0.15, 0.2) is 11.6 Å². The normalized spacial score (nSPS) is 16.8. The van der Waals surface area contributed by atoms with Crippen molar-refractivity contribution in [2.24, 2.45) is 11.7 Å². The molecule has 0 aromatic heterocycles. The lowest BCUT2D eigenvalue weighted by molar-refractivity contribution is 0.392. The number of aromatic hydroxyl groups is 1. The Labute approximate surface area is 106 Å². The molecule has 6 heteroatoms. The number of nitrogens with two attached hydrogens (primary N) is 1. The minimum Gasteiger partial charge on any atom is -0.505 e. The van der Waals surface area contributed by atoms with Crippen LogP contribution in [0.4, 0.5) is 8.78 Å². The molecule has 16 heavy (non-hydrogen) atoms. The van der Waals surface area contributed by atoms with Gasteiger partial charge >= 0.3 is 0 Å². The van der Waals surface area contributed by atoms with Gasteiger partial charge in [-0.25, -0.2) is 4.39 Å². The largest absolute Gasteiger partial charge is 0.505 e. The highest BCUT2D eigenvalue weighted by Crippen LogP contribution is 2.43. The van der Waals surface area contributed by atoms with Crippen LogP contribution in [0.15, 0.2) is 10.5 Å². The molecule has 0 heterocycles. The topological polar surface area (TPSA) is 46.2 Å². The Morgan fingerprint density at radius 3 is 2.44 bits per heavy atom. The Kier molecular flexibility index (Phi) is 4.15. The third kappa shape index (κ3) is 2.31. The molecule has 1 aromatic rings. The zero-order valence-corrected chi connectivity index (χ0v) is 10.6. The highest BCUT2D eigenvalue weighted by molar-refractivity contribution is 9.10. The van der Waals surface area contributed by atoms with Gasteiger partial charge in [-0.15, -0.1) is 12.4 Å². The number of phenols is 1. The van der Waals surface area contributed by atoms with Crippen LogP contribution in [0.3, 0.4) is 0 Å². The molecular weight excluding hydrogens is 303 g/mol. The predicted octanol–water partition coefficient (Wildman–Crippen LogP) is 3.26. The molecular formula is C10H11BrClF2NO. The van der Waals surface area contributed by atoms with Crippen molar-refractivity contribution < 1.29 is 13.9 Å². The van der Waals surface area contributed by atoms with Gasteiger partial charge < -0.3 is 10.8 Å². The summed E-state index contributed by atoms with van der Waals surface area (Å²) in [4.78, 5) is 0. The van der Waals surface area contributed by atoms with Gasteiger partial charge in [0, 0.05) is 11.6 Å². The van der Waals surface area contributed by atoms with Crippen molar-refractivity contribution in [1.29, 1.82) is 0 Å². The third-order valence-corrected chi connectivity index (χ3v) is 3.23. The lowest BCUT2D eigenvalue weighted by Crippen LogP contribution is -2.13. The van der Waals surface area contributed by atoms with Crippen LogP contribution in [-0.2, 0) is 0 Å². The van der Waals surface area contributed by atoms with E-state index in [4.69, 9.17) is 5.73 Å². The summed E-state index contributed by atoms with van der Waals surface area (Å²) in [5.41, 5.74) is 6.09. The highest BCUT2D eigenvalue weighted by atomic mass is 79.9. The minimum atomic E-state index is -1.24. The van der Waals surface area contributed by atoms with Crippen molar-refractivity contribution >= 4 is 28.3 Å². The fourth-order valence-electron chi connectivity index (χ4n) is 1.57. The molecule has 1 aliphatic rings. The molecule has 0 amide bonds. The maximum atomic E-state index is 13.2. The second kappa shape index (κ2) is 4.85. The van der Waals surface area contributed by atoms with Crippen LogP contribution in [-0.4, -0.2) is 5.11 Å². The molecule has 2 nitrogen and oxygen atoms in total. The average molecular weight is 315 g/mol. The molecule has 1 aliphatic carbocycles. The van der Waals surface area contributed by atoms with Gasteiger partial charge in [-0.2, -0.15) is 4.39 Å². The van der Waals surface area contributed by atoms with Gasteiger partial charge in [0.25, 0.3) is 0 Å². The Balaban J connectivity index is 0.00000128. The number of halogens is 4. The minimum absolute atomic E-state index is 0. The van der Waals surface area contributed by atoms with Crippen LogP contribution in [0.5, 0.6) is 5.75 Å². The molecule has 1 atom stereocenters. The van der Waals surface area contributed by atoms with Crippen LogP contribution < -0.4 is 5.73 Å². The first kappa shape index (κ1) is 13.7. The summed E-state index contributed by atoms with van der Waals surface area (Å²) in [5, 5.41) is 9.43. The van der Waals surface area contributed by atoms with Crippen LogP contribution in [0.2, 0.25) is 0 Å². The molecule has 90 valence electrons. The van der Waals surface area contributed by atoms with E-state index < -0.39 is 23.4 Å². The Bertz CT molecular complexity index is 412. The lowest BCUT2D eigenvalue weighted by atomic mass is 10.0. The first-order valence-corrected chi connectivity index (χ1v) is 5.43. The molecule has 0 radical (unpaired) electrons. The van der Waals surface area contributed by atoms with Crippen molar-refractivity contribution in [2.45, 2.75) is 18.9 Å². The molecule has 0 saturated heterocycles. The van der Waals surface area contributed by atoms with E-state index in [1.807, 2.05) is 0 Å². The van der Waals surface area contributed by atoms with Gasteiger partial charge in [-0.3, -0.25) is 0 Å². The maximum Gasteiger partial charge on any atom is 0.201 e. The summed E-state index contributed by atoms with van der Waals surface area (Å²) in [6.45, 7) is 0. The first-order valence-electron chi connectivity index (χ1n) is 4.64. The monoisotopic (exact) mass is 313 g/mol. The quantitative estimate of drug-likeness (QED) is 0.823. The number of hydrogen-bond donors (Lipinski definition) is 2. The molecule has 1 saturated carbocycles. The van der Waals surface area contributed by atoms with Crippen molar-refractivity contribution in [3.05, 3.63) is 27.7 Å². The number of hydrogen-bond acceptors (Lipinski definition) is 2. The van der Waals surface area contributed by atoms with Crippen molar-refractivity contribution in [1.82, 2.24) is 0 Å². The molecule has 1 fully saturated rings. The molecule has 1 aromatic carbocycles. The second-order valence-electron chi connectivity index (χ2n) is 3.79. The molecule has 0 spiro atoms. The van der Waals surface area contributed by atoms with E-state index in [2.05, 4.69) is 15.9 Å². The fourth-order valence-corrected chi connectivity index (χ4v) is 1.99. The SMILES string of the molecule is Cl.N[C@H](c1cc(Br)c(F)c(F)c1O)C1CC1. The average Bonchev–Trinajstić information content (AvgIpc) is 3.03. The fraction of sp³-hybridized carbons (Fsp3) is 0.400. The molecule has 0 unspecified atom stereocenters. The summed E-state index contributed by atoms with van der Waals surface area (Å²) in [6, 6.07) is 0.924. The lowest BCUT2D eigenvalue weighted by Gasteiger charge is -2.14. The van der Waals surface area contributed by atoms with E-state index in [0.717, 1.165) is 12.8 Å². The van der Waals surface area contributed by atoms with Crippen LogP contribution in [0, 0.1) is 17.6 Å². The number of phenolic OH excluding ortho intramolecular Hbond substituents is 1. The zero-order chi connectivity index (χ0) is 11.2. The Hall–Kier alpha value is -0.390. The third-order valence-electron chi connectivity index (χ3n) is 2.65. The maximum absolute atomic E-state index is 13.2. The van der Waals surface area contributed by atoms with E-state index in [1.54, 1.807) is 0 Å². The summed E-state index contributed by atoms with van der Waals surface area (Å²) in [7, 11) is 0. The van der Waals surface area contributed by atoms with Gasteiger partial charge in [0.1, 0.15) is 0 Å². The molecule has 2 rings (SSSR count). The van der Waals surface area contributed by atoms with Crippen LogP contribution in [0.1, 0.15) is 24.4 Å². The Morgan fingerprint density at radius 1 is 1.38 bits per heavy atom. The molecule has 0 aliphatic heterocycles. The zero-order valence-electron chi connectivity index (χ0n) is 8.21. The van der Waals surface area contributed by atoms with Crippen molar-refractivity contribution in [3.63, 3.8) is 0 Å². The number of rotatable bonds is 2. The van der Waals surface area contributed by atoms with Crippen molar-refractivity contribution in [3.8, 4) is 5.75 Å². The number of benzene rings is 1. The Morgan fingerprint density at radius 2 is 1.94 bits per heavy atom. The van der Waals surface area contributed by atoms with E-state index in [0.29, 0.717) is 0 Å². The van der Waals surface area contributed by atoms with Gasteiger partial charge in [0.05, 0.1) is 4.47 Å². The van der Waals surface area contributed by atoms with Crippen LogP contribution in [0.25, 0.3) is 0 Å².